The molecule has 0 aliphatic rings. The van der Waals surface area contributed by atoms with E-state index in [9.17, 15) is 4.79 Å². The lowest BCUT2D eigenvalue weighted by Gasteiger charge is -2.11. The van der Waals surface area contributed by atoms with Gasteiger partial charge in [0.1, 0.15) is 22.1 Å². The Bertz CT molecular complexity index is 1190. The van der Waals surface area contributed by atoms with E-state index in [0.29, 0.717) is 32.2 Å². The third kappa shape index (κ3) is 3.74. The van der Waals surface area contributed by atoms with E-state index in [0.717, 1.165) is 16.3 Å². The first-order chi connectivity index (χ1) is 14.1. The smallest absolute Gasteiger partial charge is 0.265 e. The summed E-state index contributed by atoms with van der Waals surface area (Å²) in [7, 11) is 3.00. The molecule has 1 amide bonds. The molecular weight excluding hydrogens is 410 g/mol. The van der Waals surface area contributed by atoms with Gasteiger partial charge in [-0.2, -0.15) is 0 Å². The molecule has 4 rings (SSSR count). The van der Waals surface area contributed by atoms with E-state index >= 15 is 0 Å². The zero-order valence-corrected chi connectivity index (χ0v) is 17.2. The first-order valence-electron chi connectivity index (χ1n) is 8.65. The summed E-state index contributed by atoms with van der Waals surface area (Å²) < 4.78 is 10.6. The van der Waals surface area contributed by atoms with E-state index in [1.165, 1.54) is 25.6 Å². The van der Waals surface area contributed by atoms with Crippen molar-refractivity contribution in [1.29, 1.82) is 0 Å². The monoisotopic (exact) mass is 425 g/mol. The lowest BCUT2D eigenvalue weighted by atomic mass is 10.1. The number of carbonyl (C=O) groups excluding carboxylic acids is 1. The van der Waals surface area contributed by atoms with Crippen LogP contribution in [-0.2, 0) is 0 Å². The molecule has 3 aromatic carbocycles. The molecule has 4 aromatic rings. The van der Waals surface area contributed by atoms with Crippen molar-refractivity contribution in [3.63, 3.8) is 0 Å². The van der Waals surface area contributed by atoms with Crippen LogP contribution in [0.25, 0.3) is 21.3 Å². The molecule has 29 heavy (non-hydrogen) atoms. The maximum atomic E-state index is 12.8. The average Bonchev–Trinajstić information content (AvgIpc) is 3.20. The zero-order valence-electron chi connectivity index (χ0n) is 15.6. The molecule has 0 aliphatic heterocycles. The molecule has 0 atom stereocenters. The first-order valence-corrected chi connectivity index (χ1v) is 9.84. The molecule has 146 valence electrons. The van der Waals surface area contributed by atoms with E-state index in [4.69, 9.17) is 21.1 Å². The van der Waals surface area contributed by atoms with Crippen molar-refractivity contribution >= 4 is 44.7 Å². The van der Waals surface area contributed by atoms with Gasteiger partial charge in [0.15, 0.2) is 0 Å². The van der Waals surface area contributed by atoms with Crippen LogP contribution in [-0.4, -0.2) is 30.3 Å². The van der Waals surface area contributed by atoms with Crippen molar-refractivity contribution < 1.29 is 14.3 Å². The number of ether oxygens (including phenoxy) is 2. The molecule has 1 N–H and O–H groups in total. The Labute approximate surface area is 176 Å². The summed E-state index contributed by atoms with van der Waals surface area (Å²) >= 11 is 7.54. The number of halogens is 1. The maximum Gasteiger partial charge on any atom is 0.265 e. The Hall–Kier alpha value is -3.16. The van der Waals surface area contributed by atoms with E-state index < -0.39 is 5.91 Å². The second-order valence-corrected chi connectivity index (χ2v) is 7.49. The molecule has 1 aromatic heterocycles. The summed E-state index contributed by atoms with van der Waals surface area (Å²) in [6.45, 7) is 0. The minimum atomic E-state index is -0.391. The van der Waals surface area contributed by atoms with Crippen LogP contribution in [0.1, 0.15) is 10.4 Å². The highest BCUT2D eigenvalue weighted by Gasteiger charge is 2.20. The van der Waals surface area contributed by atoms with Crippen LogP contribution < -0.4 is 14.8 Å². The van der Waals surface area contributed by atoms with Crippen LogP contribution in [0.3, 0.4) is 0 Å². The maximum absolute atomic E-state index is 12.8. The van der Waals surface area contributed by atoms with Gasteiger partial charge < -0.3 is 9.47 Å². The predicted molar refractivity (Wildman–Crippen MR) is 115 cm³/mol. The number of hydrogen-bond donors (Lipinski definition) is 1. The van der Waals surface area contributed by atoms with Crippen molar-refractivity contribution in [3.05, 3.63) is 65.2 Å². The molecular formula is C21H16ClN3O3S. The molecule has 8 heteroatoms. The fourth-order valence-corrected chi connectivity index (χ4v) is 4.06. The third-order valence-electron chi connectivity index (χ3n) is 4.36. The van der Waals surface area contributed by atoms with Crippen LogP contribution >= 0.6 is 22.9 Å². The molecule has 6 nitrogen and oxygen atoms in total. The molecule has 0 bridgehead atoms. The Morgan fingerprint density at radius 1 is 1.00 bits per heavy atom. The normalized spacial score (nSPS) is 10.7. The van der Waals surface area contributed by atoms with Crippen molar-refractivity contribution in [1.82, 2.24) is 10.2 Å². The number of benzene rings is 3. The summed E-state index contributed by atoms with van der Waals surface area (Å²) in [6.07, 6.45) is 0. The standard InChI is InChI=1S/C21H16ClN3O3S/c1-27-16-8-5-9-17(28-2)18(16)19(26)23-21-25-24-20(29-21)15-11-13(22)10-12-6-3-4-7-14(12)15/h3-11H,1-2H3,(H,23,25,26). The molecule has 0 fully saturated rings. The number of anilines is 1. The quantitative estimate of drug-likeness (QED) is 0.470. The van der Waals surface area contributed by atoms with Crippen LogP contribution in [0.2, 0.25) is 5.02 Å². The fourth-order valence-electron chi connectivity index (χ4n) is 3.07. The van der Waals surface area contributed by atoms with Crippen LogP contribution in [0.5, 0.6) is 11.5 Å². The van der Waals surface area contributed by atoms with Gasteiger partial charge in [0.2, 0.25) is 5.13 Å². The highest BCUT2D eigenvalue weighted by atomic mass is 35.5. The summed E-state index contributed by atoms with van der Waals surface area (Å²) in [5.74, 6) is 0.429. The molecule has 0 radical (unpaired) electrons. The Morgan fingerprint density at radius 2 is 1.72 bits per heavy atom. The van der Waals surface area contributed by atoms with Crippen molar-refractivity contribution in [2.45, 2.75) is 0 Å². The summed E-state index contributed by atoms with van der Waals surface area (Å²) in [5, 5.41) is 14.8. The SMILES string of the molecule is COc1cccc(OC)c1C(=O)Nc1nnc(-c2cc(Cl)cc3ccccc23)s1. The van der Waals surface area contributed by atoms with Gasteiger partial charge in [0.25, 0.3) is 5.91 Å². The van der Waals surface area contributed by atoms with Gasteiger partial charge in [0.05, 0.1) is 14.2 Å². The number of rotatable bonds is 5. The molecule has 1 heterocycles. The minimum absolute atomic E-state index is 0.294. The van der Waals surface area contributed by atoms with Gasteiger partial charge in [-0.1, -0.05) is 53.3 Å². The van der Waals surface area contributed by atoms with Crippen LogP contribution in [0, 0.1) is 0 Å². The van der Waals surface area contributed by atoms with Crippen LogP contribution in [0.15, 0.2) is 54.6 Å². The number of fused-ring (bicyclic) bond motifs is 1. The number of aromatic nitrogens is 2. The number of nitrogens with one attached hydrogen (secondary N) is 1. The second kappa shape index (κ2) is 8.06. The largest absolute Gasteiger partial charge is 0.496 e. The average molecular weight is 426 g/mol. The van der Waals surface area contributed by atoms with Crippen molar-refractivity contribution in [3.8, 4) is 22.1 Å². The second-order valence-electron chi connectivity index (χ2n) is 6.08. The fraction of sp³-hybridized carbons (Fsp3) is 0.0952. The highest BCUT2D eigenvalue weighted by Crippen LogP contribution is 2.35. The number of amides is 1. The topological polar surface area (TPSA) is 73.3 Å². The number of methoxy groups -OCH3 is 2. The van der Waals surface area contributed by atoms with Gasteiger partial charge in [-0.3, -0.25) is 10.1 Å². The van der Waals surface area contributed by atoms with E-state index in [1.807, 2.05) is 36.4 Å². The number of hydrogen-bond acceptors (Lipinski definition) is 6. The van der Waals surface area contributed by atoms with Crippen molar-refractivity contribution in [2.75, 3.05) is 19.5 Å². The van der Waals surface area contributed by atoms with Gasteiger partial charge in [0, 0.05) is 10.6 Å². The Morgan fingerprint density at radius 3 is 2.45 bits per heavy atom. The summed E-state index contributed by atoms with van der Waals surface area (Å²) in [5.41, 5.74) is 1.16. The number of carbonyl (C=O) groups is 1. The lowest BCUT2D eigenvalue weighted by Crippen LogP contribution is -2.14. The Kier molecular flexibility index (Phi) is 5.33. The van der Waals surface area contributed by atoms with Crippen molar-refractivity contribution in [2.24, 2.45) is 0 Å². The molecule has 0 spiro atoms. The summed E-state index contributed by atoms with van der Waals surface area (Å²) in [4.78, 5) is 12.8. The van der Waals surface area contributed by atoms with Gasteiger partial charge in [-0.15, -0.1) is 10.2 Å². The predicted octanol–water partition coefficient (Wildman–Crippen LogP) is 5.28. The summed E-state index contributed by atoms with van der Waals surface area (Å²) in [6, 6.07) is 16.8. The Balaban J connectivity index is 1.68. The lowest BCUT2D eigenvalue weighted by molar-refractivity contribution is 0.102. The molecule has 0 unspecified atom stereocenters. The van der Waals surface area contributed by atoms with Gasteiger partial charge in [-0.25, -0.2) is 0 Å². The third-order valence-corrected chi connectivity index (χ3v) is 5.45. The minimum Gasteiger partial charge on any atom is -0.496 e. The highest BCUT2D eigenvalue weighted by molar-refractivity contribution is 7.18. The van der Waals surface area contributed by atoms with Gasteiger partial charge in [-0.05, 0) is 35.0 Å². The first kappa shape index (κ1) is 19.2. The van der Waals surface area contributed by atoms with E-state index in [2.05, 4.69) is 15.5 Å². The van der Waals surface area contributed by atoms with E-state index in [-0.39, 0.29) is 0 Å². The molecule has 0 saturated heterocycles. The van der Waals surface area contributed by atoms with E-state index in [1.54, 1.807) is 18.2 Å². The molecule has 0 aliphatic carbocycles. The van der Waals surface area contributed by atoms with Gasteiger partial charge >= 0.3 is 0 Å². The molecule has 0 saturated carbocycles. The van der Waals surface area contributed by atoms with Crippen LogP contribution in [0.4, 0.5) is 5.13 Å². The number of nitrogens with zero attached hydrogens (tertiary/aromatic N) is 2. The zero-order chi connectivity index (χ0) is 20.4.